The second kappa shape index (κ2) is 8.61. The zero-order valence-corrected chi connectivity index (χ0v) is 15.0. The van der Waals surface area contributed by atoms with Crippen LogP contribution in [0.2, 0.25) is 0 Å². The maximum atomic E-state index is 12.5. The minimum Gasteiger partial charge on any atom is -0.497 e. The zero-order valence-electron chi connectivity index (χ0n) is 14.2. The summed E-state index contributed by atoms with van der Waals surface area (Å²) in [6.07, 6.45) is -0.114. The van der Waals surface area contributed by atoms with Crippen molar-refractivity contribution < 1.29 is 32.5 Å². The molecule has 140 valence electrons. The van der Waals surface area contributed by atoms with Gasteiger partial charge in [0.15, 0.2) is 0 Å². The van der Waals surface area contributed by atoms with E-state index in [9.17, 15) is 18.3 Å². The highest BCUT2D eigenvalue weighted by atomic mass is 32.2. The van der Waals surface area contributed by atoms with Crippen LogP contribution in [0.4, 0.5) is 0 Å². The lowest BCUT2D eigenvalue weighted by Gasteiger charge is -2.35. The molecule has 0 spiro atoms. The van der Waals surface area contributed by atoms with E-state index in [0.29, 0.717) is 18.6 Å². The van der Waals surface area contributed by atoms with E-state index in [-0.39, 0.29) is 17.9 Å². The molecule has 0 aromatic heterocycles. The third-order valence-corrected chi connectivity index (χ3v) is 5.60. The smallest absolute Gasteiger partial charge is 0.308 e. The molecule has 2 rings (SSSR count). The molecule has 1 aliphatic heterocycles. The number of esters is 1. The SMILES string of the molecule is COC(=O)C[C@H]1CC[C@H](NS(=O)(=O)c2ccc(OC)cc2)[C@@H](CO)O1. The third kappa shape index (κ3) is 5.15. The van der Waals surface area contributed by atoms with Crippen molar-refractivity contribution in [3.05, 3.63) is 24.3 Å². The molecular formula is C16H23NO7S. The molecule has 9 heteroatoms. The Kier molecular flexibility index (Phi) is 6.77. The van der Waals surface area contributed by atoms with Crippen molar-refractivity contribution in [2.75, 3.05) is 20.8 Å². The average molecular weight is 373 g/mol. The van der Waals surface area contributed by atoms with Crippen LogP contribution in [0.15, 0.2) is 29.2 Å². The van der Waals surface area contributed by atoms with Crippen molar-refractivity contribution in [1.29, 1.82) is 0 Å². The normalized spacial score (nSPS) is 23.9. The maximum Gasteiger partial charge on any atom is 0.308 e. The summed E-state index contributed by atoms with van der Waals surface area (Å²) in [5.74, 6) is 0.151. The summed E-state index contributed by atoms with van der Waals surface area (Å²) in [4.78, 5) is 11.4. The van der Waals surface area contributed by atoms with Crippen molar-refractivity contribution in [2.24, 2.45) is 0 Å². The number of hydrogen-bond donors (Lipinski definition) is 2. The van der Waals surface area contributed by atoms with Gasteiger partial charge >= 0.3 is 5.97 Å². The van der Waals surface area contributed by atoms with Crippen LogP contribution >= 0.6 is 0 Å². The summed E-state index contributed by atoms with van der Waals surface area (Å²) in [6.45, 7) is -0.354. The summed E-state index contributed by atoms with van der Waals surface area (Å²) >= 11 is 0. The Labute approximate surface area is 147 Å². The van der Waals surface area contributed by atoms with Crippen LogP contribution in [-0.4, -0.2) is 58.6 Å². The standard InChI is InChI=1S/C16H23NO7S/c1-22-11-3-6-13(7-4-11)25(20,21)17-14-8-5-12(9-16(19)23-2)24-15(14)10-18/h3-4,6-7,12,14-15,17-18H,5,8-10H2,1-2H3/t12-,14+,15-/m1/s1. The molecule has 1 fully saturated rings. The number of ether oxygens (including phenoxy) is 3. The largest absolute Gasteiger partial charge is 0.497 e. The van der Waals surface area contributed by atoms with Crippen LogP contribution in [0.25, 0.3) is 0 Å². The summed E-state index contributed by atoms with van der Waals surface area (Å²) in [5.41, 5.74) is 0. The first-order valence-corrected chi connectivity index (χ1v) is 9.37. The van der Waals surface area contributed by atoms with E-state index in [1.165, 1.54) is 26.4 Å². The van der Waals surface area contributed by atoms with E-state index in [1.807, 2.05) is 0 Å². The predicted molar refractivity (Wildman–Crippen MR) is 88.7 cm³/mol. The number of methoxy groups -OCH3 is 2. The number of hydrogen-bond acceptors (Lipinski definition) is 7. The minimum absolute atomic E-state index is 0.0744. The number of rotatable bonds is 7. The molecule has 25 heavy (non-hydrogen) atoms. The fourth-order valence-corrected chi connectivity index (χ4v) is 4.01. The van der Waals surface area contributed by atoms with Gasteiger partial charge < -0.3 is 19.3 Å². The van der Waals surface area contributed by atoms with Crippen LogP contribution in [0.5, 0.6) is 5.75 Å². The first kappa shape index (κ1) is 19.6. The summed E-state index contributed by atoms with van der Waals surface area (Å²) in [5, 5.41) is 9.51. The summed E-state index contributed by atoms with van der Waals surface area (Å²) in [6, 6.07) is 5.42. The molecule has 0 amide bonds. The molecule has 0 aliphatic carbocycles. The lowest BCUT2D eigenvalue weighted by atomic mass is 9.98. The van der Waals surface area contributed by atoms with Gasteiger partial charge in [0.2, 0.25) is 10.0 Å². The van der Waals surface area contributed by atoms with Gasteiger partial charge in [-0.2, -0.15) is 0 Å². The second-order valence-corrected chi connectivity index (χ2v) is 7.45. The Morgan fingerprint density at radius 1 is 1.28 bits per heavy atom. The number of aliphatic hydroxyl groups is 1. The Morgan fingerprint density at radius 3 is 2.52 bits per heavy atom. The second-order valence-electron chi connectivity index (χ2n) is 5.74. The molecule has 0 unspecified atom stereocenters. The minimum atomic E-state index is -3.76. The van der Waals surface area contributed by atoms with Crippen LogP contribution in [0.1, 0.15) is 19.3 Å². The van der Waals surface area contributed by atoms with E-state index in [4.69, 9.17) is 9.47 Å². The number of carbonyl (C=O) groups excluding carboxylic acids is 1. The Bertz CT molecular complexity index is 674. The Morgan fingerprint density at radius 2 is 1.96 bits per heavy atom. The molecule has 1 aliphatic rings. The molecule has 1 aromatic carbocycles. The summed E-state index contributed by atoms with van der Waals surface area (Å²) < 4.78 is 42.8. The maximum absolute atomic E-state index is 12.5. The van der Waals surface area contributed by atoms with Gasteiger partial charge in [0, 0.05) is 0 Å². The van der Waals surface area contributed by atoms with Gasteiger partial charge in [-0.25, -0.2) is 13.1 Å². The van der Waals surface area contributed by atoms with Crippen molar-refractivity contribution in [2.45, 2.75) is 42.4 Å². The van der Waals surface area contributed by atoms with Crippen molar-refractivity contribution in [1.82, 2.24) is 4.72 Å². The molecule has 8 nitrogen and oxygen atoms in total. The topological polar surface area (TPSA) is 111 Å². The number of benzene rings is 1. The molecular weight excluding hydrogens is 350 g/mol. The molecule has 1 aromatic rings. The molecule has 0 saturated carbocycles. The lowest BCUT2D eigenvalue weighted by molar-refractivity contribution is -0.149. The van der Waals surface area contributed by atoms with Crippen LogP contribution in [0, 0.1) is 0 Å². The van der Waals surface area contributed by atoms with Gasteiger partial charge in [0.25, 0.3) is 0 Å². The molecule has 1 heterocycles. The van der Waals surface area contributed by atoms with Gasteiger partial charge in [0.1, 0.15) is 5.75 Å². The molecule has 1 saturated heterocycles. The first-order valence-electron chi connectivity index (χ1n) is 7.89. The van der Waals surface area contributed by atoms with Gasteiger partial charge in [-0.15, -0.1) is 0 Å². The van der Waals surface area contributed by atoms with E-state index in [2.05, 4.69) is 9.46 Å². The Balaban J connectivity index is 2.04. The van der Waals surface area contributed by atoms with Crippen molar-refractivity contribution >= 4 is 16.0 Å². The van der Waals surface area contributed by atoms with E-state index >= 15 is 0 Å². The quantitative estimate of drug-likeness (QED) is 0.667. The highest BCUT2D eigenvalue weighted by Crippen LogP contribution is 2.24. The first-order chi connectivity index (χ1) is 11.9. The van der Waals surface area contributed by atoms with Crippen molar-refractivity contribution in [3.8, 4) is 5.75 Å². The lowest BCUT2D eigenvalue weighted by Crippen LogP contribution is -2.51. The van der Waals surface area contributed by atoms with Crippen LogP contribution in [-0.2, 0) is 24.3 Å². The molecule has 0 radical (unpaired) electrons. The fourth-order valence-electron chi connectivity index (χ4n) is 2.71. The number of carbonyl (C=O) groups is 1. The van der Waals surface area contributed by atoms with E-state index in [1.54, 1.807) is 12.1 Å². The average Bonchev–Trinajstić information content (AvgIpc) is 2.62. The number of sulfonamides is 1. The summed E-state index contributed by atoms with van der Waals surface area (Å²) in [7, 11) is -0.972. The Hall–Kier alpha value is -1.68. The van der Waals surface area contributed by atoms with Crippen LogP contribution < -0.4 is 9.46 Å². The third-order valence-electron chi connectivity index (χ3n) is 4.09. The highest BCUT2D eigenvalue weighted by molar-refractivity contribution is 7.89. The molecule has 0 bridgehead atoms. The monoisotopic (exact) mass is 373 g/mol. The number of nitrogens with one attached hydrogen (secondary N) is 1. The van der Waals surface area contributed by atoms with Gasteiger partial charge in [-0.1, -0.05) is 0 Å². The van der Waals surface area contributed by atoms with Crippen LogP contribution in [0.3, 0.4) is 0 Å². The van der Waals surface area contributed by atoms with E-state index < -0.39 is 34.2 Å². The molecule has 3 atom stereocenters. The van der Waals surface area contributed by atoms with E-state index in [0.717, 1.165) is 0 Å². The fraction of sp³-hybridized carbons (Fsp3) is 0.562. The zero-order chi connectivity index (χ0) is 18.4. The number of aliphatic hydroxyl groups excluding tert-OH is 1. The van der Waals surface area contributed by atoms with Gasteiger partial charge in [-0.05, 0) is 37.1 Å². The van der Waals surface area contributed by atoms with Crippen molar-refractivity contribution in [3.63, 3.8) is 0 Å². The van der Waals surface area contributed by atoms with Gasteiger partial charge in [-0.3, -0.25) is 4.79 Å². The van der Waals surface area contributed by atoms with Gasteiger partial charge in [0.05, 0.1) is 50.4 Å². The highest BCUT2D eigenvalue weighted by Gasteiger charge is 2.34. The molecule has 2 N–H and O–H groups in total. The predicted octanol–water partition coefficient (Wildman–Crippen LogP) is 0.445.